The summed E-state index contributed by atoms with van der Waals surface area (Å²) in [4.78, 5) is 11.2. The van der Waals surface area contributed by atoms with Crippen molar-refractivity contribution in [2.24, 2.45) is 5.92 Å². The van der Waals surface area contributed by atoms with Crippen LogP contribution in [0.15, 0.2) is 12.1 Å². The second-order valence-electron chi connectivity index (χ2n) is 4.96. The number of nitrogens with zero attached hydrogens (tertiary/aromatic N) is 1. The van der Waals surface area contributed by atoms with Crippen LogP contribution < -0.4 is 14.3 Å². The summed E-state index contributed by atoms with van der Waals surface area (Å²) in [5.74, 6) is 3.28. The standard InChI is InChI=1S/C13H12FN3O4S/c14-12-9(2-1-8-5-15-6-8)3-4-10(18)13(12)17-7-11(19)16-22(17,20)21/h3-4,8,15,18H,5-7H2,(H,16,19). The molecule has 2 heterocycles. The lowest BCUT2D eigenvalue weighted by Gasteiger charge is -2.21. The van der Waals surface area contributed by atoms with Crippen LogP contribution in [0, 0.1) is 23.6 Å². The van der Waals surface area contributed by atoms with Crippen molar-refractivity contribution in [3.8, 4) is 17.6 Å². The fourth-order valence-electron chi connectivity index (χ4n) is 2.10. The van der Waals surface area contributed by atoms with Crippen LogP contribution in [0.25, 0.3) is 0 Å². The van der Waals surface area contributed by atoms with E-state index >= 15 is 0 Å². The third-order valence-corrected chi connectivity index (χ3v) is 4.73. The minimum Gasteiger partial charge on any atom is -0.506 e. The molecule has 0 saturated carbocycles. The first-order valence-electron chi connectivity index (χ1n) is 6.45. The Morgan fingerprint density at radius 2 is 2.09 bits per heavy atom. The van der Waals surface area contributed by atoms with Crippen LogP contribution in [-0.4, -0.2) is 39.1 Å². The van der Waals surface area contributed by atoms with Crippen LogP contribution in [0.3, 0.4) is 0 Å². The van der Waals surface area contributed by atoms with Gasteiger partial charge >= 0.3 is 10.2 Å². The first-order valence-corrected chi connectivity index (χ1v) is 7.89. The molecule has 1 aromatic carbocycles. The highest BCUT2D eigenvalue weighted by atomic mass is 32.2. The van der Waals surface area contributed by atoms with Gasteiger partial charge in [0.05, 0.1) is 5.56 Å². The van der Waals surface area contributed by atoms with Gasteiger partial charge in [-0.15, -0.1) is 0 Å². The lowest BCUT2D eigenvalue weighted by atomic mass is 10.0. The predicted molar refractivity (Wildman–Crippen MR) is 75.7 cm³/mol. The molecule has 2 aliphatic heterocycles. The molecule has 0 aliphatic carbocycles. The zero-order chi connectivity index (χ0) is 15.9. The molecule has 1 amide bonds. The number of aromatic hydroxyl groups is 1. The molecule has 7 nitrogen and oxygen atoms in total. The molecular weight excluding hydrogens is 313 g/mol. The molecule has 0 radical (unpaired) electrons. The van der Waals surface area contributed by atoms with E-state index in [0.29, 0.717) is 4.31 Å². The van der Waals surface area contributed by atoms with E-state index in [1.165, 1.54) is 6.07 Å². The van der Waals surface area contributed by atoms with Gasteiger partial charge in [-0.2, -0.15) is 8.42 Å². The molecule has 3 rings (SSSR count). The number of carbonyl (C=O) groups is 1. The van der Waals surface area contributed by atoms with Gasteiger partial charge in [0.25, 0.3) is 5.91 Å². The molecule has 0 aromatic heterocycles. The summed E-state index contributed by atoms with van der Waals surface area (Å²) in [6.07, 6.45) is 0. The highest BCUT2D eigenvalue weighted by Gasteiger charge is 2.37. The van der Waals surface area contributed by atoms with Gasteiger partial charge in [0.2, 0.25) is 0 Å². The Kier molecular flexibility index (Phi) is 3.42. The minimum absolute atomic E-state index is 0.0331. The van der Waals surface area contributed by atoms with E-state index in [-0.39, 0.29) is 11.5 Å². The third kappa shape index (κ3) is 2.47. The first kappa shape index (κ1) is 14.6. The quantitative estimate of drug-likeness (QED) is 0.592. The van der Waals surface area contributed by atoms with Gasteiger partial charge in [-0.1, -0.05) is 11.8 Å². The Balaban J connectivity index is 2.03. The van der Waals surface area contributed by atoms with Crippen molar-refractivity contribution in [2.75, 3.05) is 23.9 Å². The lowest BCUT2D eigenvalue weighted by molar-refractivity contribution is -0.117. The topological polar surface area (TPSA) is 98.7 Å². The molecule has 9 heteroatoms. The summed E-state index contributed by atoms with van der Waals surface area (Å²) in [6.45, 7) is 0.854. The van der Waals surface area contributed by atoms with Gasteiger partial charge in [0.15, 0.2) is 5.82 Å². The number of amides is 1. The highest BCUT2D eigenvalue weighted by Crippen LogP contribution is 2.34. The number of rotatable bonds is 1. The molecular formula is C13H12FN3O4S. The molecule has 0 atom stereocenters. The SMILES string of the molecule is O=C1CN(c2c(O)ccc(C#CC3CNC3)c2F)S(=O)(=O)N1. The minimum atomic E-state index is -4.20. The summed E-state index contributed by atoms with van der Waals surface area (Å²) >= 11 is 0. The van der Waals surface area contributed by atoms with Gasteiger partial charge in [0.1, 0.15) is 18.0 Å². The maximum Gasteiger partial charge on any atom is 0.326 e. The van der Waals surface area contributed by atoms with Crippen molar-refractivity contribution in [1.82, 2.24) is 10.0 Å². The van der Waals surface area contributed by atoms with Gasteiger partial charge in [-0.3, -0.25) is 4.79 Å². The summed E-state index contributed by atoms with van der Waals surface area (Å²) in [5.41, 5.74) is -0.605. The Morgan fingerprint density at radius 3 is 2.64 bits per heavy atom. The number of nitrogens with one attached hydrogen (secondary N) is 2. The van der Waals surface area contributed by atoms with E-state index in [0.717, 1.165) is 19.2 Å². The van der Waals surface area contributed by atoms with Crippen LogP contribution in [0.1, 0.15) is 5.56 Å². The number of carbonyl (C=O) groups excluding carboxylic acids is 1. The van der Waals surface area contributed by atoms with Crippen LogP contribution in [0.4, 0.5) is 10.1 Å². The largest absolute Gasteiger partial charge is 0.506 e. The van der Waals surface area contributed by atoms with E-state index in [9.17, 15) is 22.7 Å². The van der Waals surface area contributed by atoms with Crippen LogP contribution >= 0.6 is 0 Å². The fraction of sp³-hybridized carbons (Fsp3) is 0.308. The Hall–Kier alpha value is -2.31. The van der Waals surface area contributed by atoms with Crippen molar-refractivity contribution in [1.29, 1.82) is 0 Å². The van der Waals surface area contributed by atoms with Crippen molar-refractivity contribution in [3.05, 3.63) is 23.5 Å². The van der Waals surface area contributed by atoms with Crippen molar-refractivity contribution < 1.29 is 22.7 Å². The molecule has 2 aliphatic rings. The average Bonchev–Trinajstić information content (AvgIpc) is 2.63. The van der Waals surface area contributed by atoms with Crippen LogP contribution in [-0.2, 0) is 15.0 Å². The van der Waals surface area contributed by atoms with E-state index in [4.69, 9.17) is 0 Å². The second kappa shape index (κ2) is 5.15. The molecule has 2 fully saturated rings. The molecule has 116 valence electrons. The van der Waals surface area contributed by atoms with Crippen LogP contribution in [0.2, 0.25) is 0 Å². The number of anilines is 1. The average molecular weight is 325 g/mol. The number of halogens is 1. The zero-order valence-corrected chi connectivity index (χ0v) is 12.1. The van der Waals surface area contributed by atoms with E-state index in [1.807, 2.05) is 0 Å². The zero-order valence-electron chi connectivity index (χ0n) is 11.3. The first-order chi connectivity index (χ1) is 10.4. The molecule has 3 N–H and O–H groups in total. The smallest absolute Gasteiger partial charge is 0.326 e. The summed E-state index contributed by atoms with van der Waals surface area (Å²) in [7, 11) is -4.20. The molecule has 0 unspecified atom stereocenters. The van der Waals surface area contributed by atoms with Crippen molar-refractivity contribution in [2.45, 2.75) is 0 Å². The molecule has 0 spiro atoms. The summed E-state index contributed by atoms with van der Waals surface area (Å²) in [5, 5.41) is 12.8. The predicted octanol–water partition coefficient (Wildman–Crippen LogP) is -0.717. The summed E-state index contributed by atoms with van der Waals surface area (Å²) < 4.78 is 40.3. The highest BCUT2D eigenvalue weighted by molar-refractivity contribution is 7.92. The molecule has 2 saturated heterocycles. The van der Waals surface area contributed by atoms with Crippen molar-refractivity contribution >= 4 is 21.8 Å². The maximum absolute atomic E-state index is 14.5. The van der Waals surface area contributed by atoms with Crippen molar-refractivity contribution in [3.63, 3.8) is 0 Å². The Bertz CT molecular complexity index is 809. The Labute approximate surface area is 126 Å². The number of hydrogen-bond donors (Lipinski definition) is 3. The lowest BCUT2D eigenvalue weighted by Crippen LogP contribution is -2.40. The normalized spacial score (nSPS) is 20.0. The van der Waals surface area contributed by atoms with E-state index in [1.54, 1.807) is 4.72 Å². The van der Waals surface area contributed by atoms with Gasteiger partial charge in [-0.25, -0.2) is 13.4 Å². The molecule has 22 heavy (non-hydrogen) atoms. The molecule has 1 aromatic rings. The van der Waals surface area contributed by atoms with Gasteiger partial charge in [-0.05, 0) is 12.1 Å². The van der Waals surface area contributed by atoms with Gasteiger partial charge in [0, 0.05) is 19.0 Å². The number of benzene rings is 1. The number of phenols is 1. The third-order valence-electron chi connectivity index (χ3n) is 3.36. The fourth-order valence-corrected chi connectivity index (χ4v) is 3.27. The van der Waals surface area contributed by atoms with E-state index < -0.39 is 39.9 Å². The Morgan fingerprint density at radius 1 is 1.36 bits per heavy atom. The number of phenolic OH excluding ortho intramolecular Hbond substituents is 1. The number of hydrogen-bond acceptors (Lipinski definition) is 5. The van der Waals surface area contributed by atoms with E-state index in [2.05, 4.69) is 17.2 Å². The second-order valence-corrected chi connectivity index (χ2v) is 6.55. The molecule has 0 bridgehead atoms. The van der Waals surface area contributed by atoms with Gasteiger partial charge < -0.3 is 10.4 Å². The monoisotopic (exact) mass is 325 g/mol. The maximum atomic E-state index is 14.5. The summed E-state index contributed by atoms with van der Waals surface area (Å²) in [6, 6.07) is 2.42. The van der Waals surface area contributed by atoms with Crippen LogP contribution in [0.5, 0.6) is 5.75 Å².